The van der Waals surface area contributed by atoms with Crippen molar-refractivity contribution in [3.05, 3.63) is 74.3 Å². The number of fused-ring (bicyclic) bond motifs is 2. The quantitative estimate of drug-likeness (QED) is 0.353. The van der Waals surface area contributed by atoms with Crippen LogP contribution >= 0.6 is 22.9 Å². The van der Waals surface area contributed by atoms with E-state index in [9.17, 15) is 9.59 Å². The largest absolute Gasteiger partial charge is 0.454 e. The Balaban J connectivity index is 1.18. The first-order chi connectivity index (χ1) is 17.9. The average molecular weight is 535 g/mol. The molecule has 8 nitrogen and oxygen atoms in total. The van der Waals surface area contributed by atoms with E-state index in [-0.39, 0.29) is 24.9 Å². The molecule has 2 aliphatic heterocycles. The van der Waals surface area contributed by atoms with Gasteiger partial charge in [0.15, 0.2) is 11.5 Å². The lowest BCUT2D eigenvalue weighted by Crippen LogP contribution is -2.30. The minimum Gasteiger partial charge on any atom is -0.454 e. The fraction of sp³-hybridized carbons (Fsp3) is 0.259. The Morgan fingerprint density at radius 3 is 2.76 bits per heavy atom. The smallest absolute Gasteiger partial charge is 0.278 e. The monoisotopic (exact) mass is 534 g/mol. The number of aryl methyl sites for hydroxylation is 2. The van der Waals surface area contributed by atoms with Gasteiger partial charge in [-0.05, 0) is 48.7 Å². The van der Waals surface area contributed by atoms with Crippen LogP contribution in [-0.4, -0.2) is 39.8 Å². The third-order valence-corrected chi connectivity index (χ3v) is 7.87. The van der Waals surface area contributed by atoms with E-state index in [2.05, 4.69) is 11.2 Å². The van der Waals surface area contributed by atoms with Crippen molar-refractivity contribution in [2.24, 2.45) is 7.05 Å². The number of benzene rings is 2. The molecule has 0 aliphatic carbocycles. The van der Waals surface area contributed by atoms with E-state index in [4.69, 9.17) is 26.1 Å². The lowest BCUT2D eigenvalue weighted by Gasteiger charge is -2.18. The van der Waals surface area contributed by atoms with Crippen LogP contribution in [0.5, 0.6) is 11.5 Å². The summed E-state index contributed by atoms with van der Waals surface area (Å²) in [6.45, 7) is 2.81. The van der Waals surface area contributed by atoms with E-state index in [0.717, 1.165) is 44.4 Å². The van der Waals surface area contributed by atoms with Crippen molar-refractivity contribution in [3.8, 4) is 22.8 Å². The molecule has 0 unspecified atom stereocenters. The number of halogens is 1. The van der Waals surface area contributed by atoms with Gasteiger partial charge in [0.05, 0.1) is 23.3 Å². The molecule has 0 fully saturated rings. The predicted octanol–water partition coefficient (Wildman–Crippen LogP) is 4.79. The van der Waals surface area contributed by atoms with Crippen molar-refractivity contribution < 1.29 is 19.1 Å². The van der Waals surface area contributed by atoms with Gasteiger partial charge in [0.25, 0.3) is 5.91 Å². The molecule has 4 heterocycles. The van der Waals surface area contributed by atoms with Crippen LogP contribution in [0.3, 0.4) is 0 Å². The molecule has 2 aliphatic rings. The number of aromatic nitrogens is 3. The second kappa shape index (κ2) is 9.32. The summed E-state index contributed by atoms with van der Waals surface area (Å²) in [5.74, 6) is 1.32. The number of nitrogens with zero attached hydrogens (tertiary/aromatic N) is 4. The summed E-state index contributed by atoms with van der Waals surface area (Å²) in [7, 11) is 1.71. The van der Waals surface area contributed by atoms with E-state index in [1.165, 1.54) is 10.9 Å². The van der Waals surface area contributed by atoms with Crippen molar-refractivity contribution in [3.63, 3.8) is 0 Å². The van der Waals surface area contributed by atoms with Crippen molar-refractivity contribution in [2.45, 2.75) is 26.2 Å². The second-order valence-corrected chi connectivity index (χ2v) is 10.8. The van der Waals surface area contributed by atoms with Crippen LogP contribution in [0.4, 0.5) is 5.69 Å². The molecular weight excluding hydrogens is 512 g/mol. The molecule has 0 saturated heterocycles. The minimum absolute atomic E-state index is 0.0936. The predicted molar refractivity (Wildman–Crippen MR) is 141 cm³/mol. The van der Waals surface area contributed by atoms with Crippen LogP contribution in [0, 0.1) is 6.92 Å². The van der Waals surface area contributed by atoms with Crippen LogP contribution < -0.4 is 14.4 Å². The molecule has 0 bridgehead atoms. The van der Waals surface area contributed by atoms with E-state index in [0.29, 0.717) is 35.2 Å². The minimum atomic E-state index is -0.162. The highest BCUT2D eigenvalue weighted by atomic mass is 35.5. The Bertz CT molecular complexity index is 1540. The maximum atomic E-state index is 13.1. The SMILES string of the molecule is Cc1sc(CC(=O)Cc2ccc3c(c2)OCO3)nc1-c1ccc2c(c1)CCN2C(=O)c1c(Cl)cnn1C. The maximum Gasteiger partial charge on any atom is 0.278 e. The number of carbonyl (C=O) groups excluding carboxylic acids is 2. The van der Waals surface area contributed by atoms with Crippen molar-refractivity contribution in [1.29, 1.82) is 0 Å². The third kappa shape index (κ3) is 4.38. The van der Waals surface area contributed by atoms with Gasteiger partial charge in [0, 0.05) is 36.1 Å². The summed E-state index contributed by atoms with van der Waals surface area (Å²) in [5, 5.41) is 5.22. The average Bonchev–Trinajstić information content (AvgIpc) is 3.65. The molecule has 0 atom stereocenters. The van der Waals surface area contributed by atoms with Gasteiger partial charge in [0.2, 0.25) is 6.79 Å². The Labute approximate surface area is 222 Å². The highest BCUT2D eigenvalue weighted by Gasteiger charge is 2.29. The van der Waals surface area contributed by atoms with E-state index in [1.54, 1.807) is 23.3 Å². The Morgan fingerprint density at radius 1 is 1.11 bits per heavy atom. The topological polar surface area (TPSA) is 86.6 Å². The van der Waals surface area contributed by atoms with E-state index in [1.807, 2.05) is 37.3 Å². The highest BCUT2D eigenvalue weighted by molar-refractivity contribution is 7.12. The zero-order chi connectivity index (χ0) is 25.7. The standard InChI is InChI=1S/C27H23ClN4O4S/c1-15-25(30-24(37-15)12-19(33)9-16-3-6-22-23(10-16)36-14-35-22)18-4-5-21-17(11-18)7-8-32(21)27(34)26-20(28)13-29-31(26)2/h3-6,10-11,13H,7-9,12,14H2,1-2H3. The van der Waals surface area contributed by atoms with Gasteiger partial charge in [-0.3, -0.25) is 14.3 Å². The number of ether oxygens (including phenoxy) is 2. The summed E-state index contributed by atoms with van der Waals surface area (Å²) in [6.07, 6.45) is 2.82. The van der Waals surface area contributed by atoms with Gasteiger partial charge >= 0.3 is 0 Å². The molecule has 37 heavy (non-hydrogen) atoms. The van der Waals surface area contributed by atoms with Gasteiger partial charge in [-0.25, -0.2) is 4.98 Å². The molecular formula is C27H23ClN4O4S. The number of amides is 1. The normalized spacial score (nSPS) is 13.8. The lowest BCUT2D eigenvalue weighted by molar-refractivity contribution is -0.117. The van der Waals surface area contributed by atoms with Gasteiger partial charge < -0.3 is 14.4 Å². The molecule has 10 heteroatoms. The fourth-order valence-corrected chi connectivity index (χ4v) is 6.07. The van der Waals surface area contributed by atoms with E-state index >= 15 is 0 Å². The van der Waals surface area contributed by atoms with Crippen molar-refractivity contribution >= 4 is 40.3 Å². The summed E-state index contributed by atoms with van der Waals surface area (Å²) >= 11 is 7.74. The molecule has 2 aromatic carbocycles. The first-order valence-corrected chi connectivity index (χ1v) is 13.1. The van der Waals surface area contributed by atoms with E-state index < -0.39 is 0 Å². The number of rotatable bonds is 6. The second-order valence-electron chi connectivity index (χ2n) is 9.11. The van der Waals surface area contributed by atoms with Gasteiger partial charge in [-0.2, -0.15) is 5.10 Å². The van der Waals surface area contributed by atoms with Crippen LogP contribution in [0.25, 0.3) is 11.3 Å². The molecule has 4 aromatic rings. The van der Waals surface area contributed by atoms with Crippen molar-refractivity contribution in [1.82, 2.24) is 14.8 Å². The van der Waals surface area contributed by atoms with Gasteiger partial charge in [-0.15, -0.1) is 11.3 Å². The van der Waals surface area contributed by atoms with Crippen LogP contribution in [0.15, 0.2) is 42.6 Å². The molecule has 2 aromatic heterocycles. The number of hydrogen-bond donors (Lipinski definition) is 0. The Kier molecular flexibility index (Phi) is 5.97. The van der Waals surface area contributed by atoms with Gasteiger partial charge in [0.1, 0.15) is 16.5 Å². The molecule has 0 spiro atoms. The zero-order valence-electron chi connectivity index (χ0n) is 20.3. The first-order valence-electron chi connectivity index (χ1n) is 11.9. The molecule has 1 amide bonds. The first kappa shape index (κ1) is 23.7. The third-order valence-electron chi connectivity index (χ3n) is 6.62. The summed E-state index contributed by atoms with van der Waals surface area (Å²) in [6, 6.07) is 11.6. The molecule has 0 N–H and O–H groups in total. The molecule has 0 saturated carbocycles. The zero-order valence-corrected chi connectivity index (χ0v) is 21.9. The van der Waals surface area contributed by atoms with Crippen LogP contribution in [0.1, 0.15) is 31.5 Å². The highest BCUT2D eigenvalue weighted by Crippen LogP contribution is 2.36. The lowest BCUT2D eigenvalue weighted by atomic mass is 10.1. The molecule has 188 valence electrons. The molecule has 6 rings (SSSR count). The number of thiazole rings is 1. The fourth-order valence-electron chi connectivity index (χ4n) is 4.84. The van der Waals surface area contributed by atoms with Gasteiger partial charge in [-0.1, -0.05) is 23.7 Å². The number of ketones is 1. The van der Waals surface area contributed by atoms with Crippen molar-refractivity contribution in [2.75, 3.05) is 18.2 Å². The number of anilines is 1. The maximum absolute atomic E-state index is 13.1. The van der Waals surface area contributed by atoms with Crippen LogP contribution in [0.2, 0.25) is 5.02 Å². The number of hydrogen-bond acceptors (Lipinski definition) is 7. The Morgan fingerprint density at radius 2 is 1.95 bits per heavy atom. The number of carbonyl (C=O) groups is 2. The number of Topliss-reactive ketones (excluding diaryl/α,β-unsaturated/α-hetero) is 1. The van der Waals surface area contributed by atoms with Crippen LogP contribution in [-0.2, 0) is 31.1 Å². The molecule has 0 radical (unpaired) electrons. The summed E-state index contributed by atoms with van der Waals surface area (Å²) < 4.78 is 12.3. The summed E-state index contributed by atoms with van der Waals surface area (Å²) in [5.41, 5.74) is 5.08. The Hall–Kier alpha value is -3.69. The summed E-state index contributed by atoms with van der Waals surface area (Å²) in [4.78, 5) is 33.5.